The van der Waals surface area contributed by atoms with Gasteiger partial charge in [0.25, 0.3) is 0 Å². The maximum atomic E-state index is 12.6. The predicted molar refractivity (Wildman–Crippen MR) is 86.6 cm³/mol. The summed E-state index contributed by atoms with van der Waals surface area (Å²) in [4.78, 5) is 49.9. The van der Waals surface area contributed by atoms with Crippen molar-refractivity contribution in [2.75, 3.05) is 0 Å². The zero-order valence-electron chi connectivity index (χ0n) is 12.5. The summed E-state index contributed by atoms with van der Waals surface area (Å²) in [5.74, 6) is 0. The molecule has 0 saturated carbocycles. The number of rotatable bonds is 3. The van der Waals surface area contributed by atoms with E-state index in [1.165, 1.54) is 12.1 Å². The Balaban J connectivity index is 2.64. The lowest BCUT2D eigenvalue weighted by Crippen LogP contribution is -2.31. The van der Waals surface area contributed by atoms with E-state index in [1.54, 1.807) is 12.1 Å². The normalized spacial score (nSPS) is 12.8. The lowest BCUT2D eigenvalue weighted by Gasteiger charge is -2.08. The van der Waals surface area contributed by atoms with Crippen molar-refractivity contribution in [2.24, 2.45) is 0 Å². The minimum absolute atomic E-state index is 0.114. The van der Waals surface area contributed by atoms with Gasteiger partial charge in [-0.2, -0.15) is 0 Å². The van der Waals surface area contributed by atoms with Crippen LogP contribution in [0, 0.1) is 10.4 Å². The van der Waals surface area contributed by atoms with Gasteiger partial charge in [0.2, 0.25) is 0 Å². The maximum Gasteiger partial charge on any atom is 0.198 e. The van der Waals surface area contributed by atoms with Gasteiger partial charge in [0.15, 0.2) is 21.7 Å². The highest BCUT2D eigenvalue weighted by Crippen LogP contribution is 2.13. The smallest absolute Gasteiger partial charge is 0.198 e. The van der Waals surface area contributed by atoms with Gasteiger partial charge in [0.1, 0.15) is 0 Å². The minimum atomic E-state index is -1.12. The second kappa shape index (κ2) is 5.52. The lowest BCUT2D eigenvalue weighted by molar-refractivity contribution is 0.165. The van der Waals surface area contributed by atoms with Crippen LogP contribution in [-0.4, -0.2) is 5.11 Å². The molecule has 0 spiro atoms. The van der Waals surface area contributed by atoms with Gasteiger partial charge in [-0.25, -0.2) is 0 Å². The zero-order valence-corrected chi connectivity index (χ0v) is 12.5. The molecule has 1 N–H and O–H groups in total. The molecule has 0 aliphatic heterocycles. The second-order valence-corrected chi connectivity index (χ2v) is 5.55. The monoisotopic (exact) mass is 310 g/mol. The quantitative estimate of drug-likeness (QED) is 0.770. The highest BCUT2D eigenvalue weighted by atomic mass is 16.3. The van der Waals surface area contributed by atoms with Gasteiger partial charge < -0.3 is 5.11 Å². The van der Waals surface area contributed by atoms with Crippen LogP contribution in [0.4, 0.5) is 0 Å². The zero-order chi connectivity index (χ0) is 16.7. The number of benzene rings is 1. The molecule has 116 valence electrons. The van der Waals surface area contributed by atoms with Gasteiger partial charge in [-0.1, -0.05) is 37.6 Å². The van der Waals surface area contributed by atoms with Crippen LogP contribution in [0.15, 0.2) is 49.5 Å². The summed E-state index contributed by atoms with van der Waals surface area (Å²) in [7, 11) is 0. The van der Waals surface area contributed by atoms with E-state index in [2.05, 4.69) is 0 Å². The van der Waals surface area contributed by atoms with Crippen molar-refractivity contribution in [1.82, 2.24) is 0 Å². The van der Waals surface area contributed by atoms with Gasteiger partial charge in [-0.15, -0.1) is 0 Å². The first kappa shape index (κ1) is 15.2. The largest absolute Gasteiger partial charge is 0.388 e. The second-order valence-electron chi connectivity index (χ2n) is 5.55. The third kappa shape index (κ3) is 2.21. The number of hydrogen-bond acceptors (Lipinski definition) is 5. The lowest BCUT2D eigenvalue weighted by atomic mass is 9.98. The Labute approximate surface area is 129 Å². The van der Waals surface area contributed by atoms with Crippen LogP contribution in [0.25, 0.3) is 10.8 Å². The minimum Gasteiger partial charge on any atom is -0.388 e. The SMILES string of the molecule is CCCC(O)c1cc(=O)c2c(=O)c3ccccc3c(=O)c=2c1=O. The summed E-state index contributed by atoms with van der Waals surface area (Å²) in [6.07, 6.45) is -0.209. The Hall–Kier alpha value is -2.66. The summed E-state index contributed by atoms with van der Waals surface area (Å²) in [6.45, 7) is 1.83. The molecule has 0 bridgehead atoms. The molecular formula is C18H14O5. The standard InChI is InChI=1S/C18H14O5/c1-2-5-12(19)11-8-13(20)14-15(18(11)23)17(22)10-7-4-3-6-9(10)16(14)21/h3-4,6-8,12,19H,2,5H2,1H3. The Kier molecular flexibility index (Phi) is 3.66. The molecule has 0 saturated heterocycles. The fraction of sp³-hybridized carbons (Fsp3) is 0.222. The van der Waals surface area contributed by atoms with Crippen molar-refractivity contribution in [1.29, 1.82) is 0 Å². The van der Waals surface area contributed by atoms with Crippen LogP contribution >= 0.6 is 0 Å². The molecule has 5 nitrogen and oxygen atoms in total. The predicted octanol–water partition coefficient (Wildman–Crippen LogP) is 0.714. The van der Waals surface area contributed by atoms with Crippen molar-refractivity contribution in [2.45, 2.75) is 25.9 Å². The summed E-state index contributed by atoms with van der Waals surface area (Å²) in [5, 5.41) is 9.49. The van der Waals surface area contributed by atoms with Gasteiger partial charge >= 0.3 is 0 Å². The third-order valence-electron chi connectivity index (χ3n) is 4.06. The molecule has 3 rings (SSSR count). The molecule has 1 atom stereocenters. The van der Waals surface area contributed by atoms with Crippen molar-refractivity contribution in [3.05, 3.63) is 87.2 Å². The molecular weight excluding hydrogens is 296 g/mol. The van der Waals surface area contributed by atoms with Crippen molar-refractivity contribution >= 4 is 10.8 Å². The van der Waals surface area contributed by atoms with E-state index in [4.69, 9.17) is 0 Å². The average molecular weight is 310 g/mol. The summed E-state index contributed by atoms with van der Waals surface area (Å²) in [6, 6.07) is 7.09. The Morgan fingerprint density at radius 1 is 0.913 bits per heavy atom. The van der Waals surface area contributed by atoms with Crippen LogP contribution in [0.1, 0.15) is 31.4 Å². The molecule has 0 radical (unpaired) electrons. The van der Waals surface area contributed by atoms with E-state index < -0.39 is 33.0 Å². The molecule has 23 heavy (non-hydrogen) atoms. The molecule has 0 aromatic heterocycles. The van der Waals surface area contributed by atoms with E-state index in [1.807, 2.05) is 6.92 Å². The molecule has 1 unspecified atom stereocenters. The molecule has 1 aromatic rings. The summed E-state index contributed by atoms with van der Waals surface area (Å²) < 4.78 is 0. The fourth-order valence-electron chi connectivity index (χ4n) is 2.93. The summed E-state index contributed by atoms with van der Waals surface area (Å²) >= 11 is 0. The summed E-state index contributed by atoms with van der Waals surface area (Å²) in [5.41, 5.74) is -2.79. The van der Waals surface area contributed by atoms with Gasteiger partial charge in [0.05, 0.1) is 16.5 Å². The van der Waals surface area contributed by atoms with E-state index in [9.17, 15) is 24.3 Å². The molecule has 5 heteroatoms. The van der Waals surface area contributed by atoms with Crippen molar-refractivity contribution in [3.63, 3.8) is 0 Å². The van der Waals surface area contributed by atoms with Gasteiger partial charge in [-0.3, -0.25) is 19.2 Å². The van der Waals surface area contributed by atoms with E-state index >= 15 is 0 Å². The number of hydrogen-bond donors (Lipinski definition) is 1. The topological polar surface area (TPSA) is 88.5 Å². The van der Waals surface area contributed by atoms with Crippen LogP contribution < -0.4 is 21.7 Å². The highest BCUT2D eigenvalue weighted by Gasteiger charge is 2.18. The van der Waals surface area contributed by atoms with Crippen LogP contribution in [0.5, 0.6) is 0 Å². The van der Waals surface area contributed by atoms with E-state index in [-0.39, 0.29) is 21.6 Å². The Morgan fingerprint density at radius 3 is 2.04 bits per heavy atom. The molecule has 0 fully saturated rings. The third-order valence-corrected chi connectivity index (χ3v) is 4.06. The Morgan fingerprint density at radius 2 is 1.48 bits per heavy atom. The van der Waals surface area contributed by atoms with Crippen molar-refractivity contribution < 1.29 is 5.11 Å². The van der Waals surface area contributed by atoms with E-state index in [0.29, 0.717) is 12.8 Å². The molecule has 2 aliphatic carbocycles. The van der Waals surface area contributed by atoms with Gasteiger partial charge in [0, 0.05) is 16.3 Å². The Bertz CT molecular complexity index is 1170. The van der Waals surface area contributed by atoms with Crippen LogP contribution in [0.3, 0.4) is 0 Å². The van der Waals surface area contributed by atoms with Gasteiger partial charge in [-0.05, 0) is 12.5 Å². The average Bonchev–Trinajstić information content (AvgIpc) is 2.54. The number of aliphatic hydroxyl groups excluding tert-OH is 1. The first-order valence-corrected chi connectivity index (χ1v) is 7.38. The molecule has 0 amide bonds. The first-order chi connectivity index (χ1) is 11.0. The molecule has 1 aromatic carbocycles. The van der Waals surface area contributed by atoms with Crippen LogP contribution in [0.2, 0.25) is 0 Å². The van der Waals surface area contributed by atoms with E-state index in [0.717, 1.165) is 6.07 Å². The molecule has 0 heterocycles. The highest BCUT2D eigenvalue weighted by molar-refractivity contribution is 5.82. The first-order valence-electron chi connectivity index (χ1n) is 7.38. The fourth-order valence-corrected chi connectivity index (χ4v) is 2.93. The molecule has 2 aliphatic rings. The number of fused-ring (bicyclic) bond motifs is 1. The number of aliphatic hydroxyl groups is 1. The maximum absolute atomic E-state index is 12.6. The van der Waals surface area contributed by atoms with Crippen LogP contribution in [-0.2, 0) is 0 Å². The van der Waals surface area contributed by atoms with Crippen molar-refractivity contribution in [3.8, 4) is 0 Å².